The molecule has 0 spiro atoms. The molecule has 2 N–H and O–H groups in total. The minimum absolute atomic E-state index is 0.680. The molecule has 0 heterocycles. The Bertz CT molecular complexity index is 643. The SMILES string of the molecule is COc1ccc(-c2c(C)c(C)c(C)c(C)c2C)cc1N. The van der Waals surface area contributed by atoms with Gasteiger partial charge in [0.2, 0.25) is 0 Å². The van der Waals surface area contributed by atoms with Crippen LogP contribution >= 0.6 is 0 Å². The number of nitrogens with two attached hydrogens (primary N) is 1. The molecule has 2 nitrogen and oxygen atoms in total. The van der Waals surface area contributed by atoms with Crippen molar-refractivity contribution in [1.82, 2.24) is 0 Å². The van der Waals surface area contributed by atoms with E-state index in [0.29, 0.717) is 5.69 Å². The minimum Gasteiger partial charge on any atom is -0.495 e. The molecule has 0 aliphatic heterocycles. The van der Waals surface area contributed by atoms with Crippen molar-refractivity contribution in [2.24, 2.45) is 0 Å². The lowest BCUT2D eigenvalue weighted by Crippen LogP contribution is -2.00. The summed E-state index contributed by atoms with van der Waals surface area (Å²) < 4.78 is 5.24. The lowest BCUT2D eigenvalue weighted by Gasteiger charge is -2.19. The van der Waals surface area contributed by atoms with Gasteiger partial charge in [-0.15, -0.1) is 0 Å². The van der Waals surface area contributed by atoms with Gasteiger partial charge in [0.15, 0.2) is 0 Å². The van der Waals surface area contributed by atoms with E-state index in [9.17, 15) is 0 Å². The van der Waals surface area contributed by atoms with Gasteiger partial charge in [-0.1, -0.05) is 6.07 Å². The number of benzene rings is 2. The van der Waals surface area contributed by atoms with Crippen LogP contribution in [-0.4, -0.2) is 7.11 Å². The maximum Gasteiger partial charge on any atom is 0.141 e. The van der Waals surface area contributed by atoms with Gasteiger partial charge >= 0.3 is 0 Å². The normalized spacial score (nSPS) is 10.7. The number of hydrogen-bond donors (Lipinski definition) is 1. The largest absolute Gasteiger partial charge is 0.495 e. The Balaban J connectivity index is 2.73. The Morgan fingerprint density at radius 3 is 1.75 bits per heavy atom. The molecule has 2 heteroatoms. The highest BCUT2D eigenvalue weighted by Crippen LogP contribution is 2.36. The minimum atomic E-state index is 0.680. The fourth-order valence-corrected chi connectivity index (χ4v) is 2.82. The van der Waals surface area contributed by atoms with Crippen molar-refractivity contribution in [2.45, 2.75) is 34.6 Å². The number of ether oxygens (including phenoxy) is 1. The first-order valence-corrected chi connectivity index (χ1v) is 6.89. The van der Waals surface area contributed by atoms with Crippen LogP contribution in [0.5, 0.6) is 5.75 Å². The Labute approximate surface area is 121 Å². The highest BCUT2D eigenvalue weighted by atomic mass is 16.5. The van der Waals surface area contributed by atoms with Crippen LogP contribution in [0.3, 0.4) is 0 Å². The Kier molecular flexibility index (Phi) is 3.76. The monoisotopic (exact) mass is 269 g/mol. The third-order valence-corrected chi connectivity index (χ3v) is 4.52. The number of rotatable bonds is 2. The van der Waals surface area contributed by atoms with Crippen LogP contribution < -0.4 is 10.5 Å². The quantitative estimate of drug-likeness (QED) is 0.815. The molecule has 0 saturated carbocycles. The molecular weight excluding hydrogens is 246 g/mol. The summed E-state index contributed by atoms with van der Waals surface area (Å²) >= 11 is 0. The Morgan fingerprint density at radius 1 is 0.800 bits per heavy atom. The number of hydrogen-bond acceptors (Lipinski definition) is 2. The summed E-state index contributed by atoms with van der Waals surface area (Å²) in [5.74, 6) is 0.726. The van der Waals surface area contributed by atoms with Crippen molar-refractivity contribution in [1.29, 1.82) is 0 Å². The van der Waals surface area contributed by atoms with Crippen LogP contribution in [0.25, 0.3) is 11.1 Å². The third-order valence-electron chi connectivity index (χ3n) is 4.52. The summed E-state index contributed by atoms with van der Waals surface area (Å²) in [4.78, 5) is 0. The molecule has 0 aliphatic carbocycles. The predicted molar refractivity (Wildman–Crippen MR) is 86.5 cm³/mol. The van der Waals surface area contributed by atoms with Crippen LogP contribution in [0.15, 0.2) is 18.2 Å². The van der Waals surface area contributed by atoms with Gasteiger partial charge in [-0.2, -0.15) is 0 Å². The molecule has 106 valence electrons. The van der Waals surface area contributed by atoms with Gasteiger partial charge in [-0.05, 0) is 85.7 Å². The molecule has 0 atom stereocenters. The zero-order chi connectivity index (χ0) is 15.0. The summed E-state index contributed by atoms with van der Waals surface area (Å²) in [5, 5.41) is 0. The Morgan fingerprint density at radius 2 is 1.30 bits per heavy atom. The molecule has 2 rings (SSSR count). The second-order valence-corrected chi connectivity index (χ2v) is 5.46. The van der Waals surface area contributed by atoms with Gasteiger partial charge in [-0.25, -0.2) is 0 Å². The van der Waals surface area contributed by atoms with Gasteiger partial charge < -0.3 is 10.5 Å². The summed E-state index contributed by atoms with van der Waals surface area (Å²) in [7, 11) is 1.64. The van der Waals surface area contributed by atoms with Gasteiger partial charge in [0.25, 0.3) is 0 Å². The number of nitrogen functional groups attached to an aromatic ring is 1. The average molecular weight is 269 g/mol. The van der Waals surface area contributed by atoms with Gasteiger partial charge in [0, 0.05) is 0 Å². The molecular formula is C18H23NO. The van der Waals surface area contributed by atoms with Crippen molar-refractivity contribution in [2.75, 3.05) is 12.8 Å². The van der Waals surface area contributed by atoms with E-state index < -0.39 is 0 Å². The molecule has 2 aromatic rings. The van der Waals surface area contributed by atoms with Crippen molar-refractivity contribution in [3.05, 3.63) is 46.0 Å². The zero-order valence-electron chi connectivity index (χ0n) is 13.2. The fraction of sp³-hybridized carbons (Fsp3) is 0.333. The molecule has 2 aromatic carbocycles. The predicted octanol–water partition coefficient (Wildman–Crippen LogP) is 4.49. The number of anilines is 1. The highest BCUT2D eigenvalue weighted by Gasteiger charge is 2.14. The van der Waals surface area contributed by atoms with Crippen molar-refractivity contribution in [3.63, 3.8) is 0 Å². The lowest BCUT2D eigenvalue weighted by atomic mass is 9.86. The van der Waals surface area contributed by atoms with Crippen molar-refractivity contribution >= 4 is 5.69 Å². The van der Waals surface area contributed by atoms with Crippen molar-refractivity contribution < 1.29 is 4.74 Å². The first-order chi connectivity index (χ1) is 9.38. The van der Waals surface area contributed by atoms with Crippen LogP contribution in [0.4, 0.5) is 5.69 Å². The average Bonchev–Trinajstić information content (AvgIpc) is 2.43. The van der Waals surface area contributed by atoms with E-state index in [1.54, 1.807) is 7.11 Å². The van der Waals surface area contributed by atoms with Gasteiger partial charge in [0.1, 0.15) is 5.75 Å². The maximum absolute atomic E-state index is 6.05. The summed E-state index contributed by atoms with van der Waals surface area (Å²) in [6, 6.07) is 6.02. The van der Waals surface area contributed by atoms with Crippen LogP contribution in [-0.2, 0) is 0 Å². The first kappa shape index (κ1) is 14.4. The molecule has 0 aromatic heterocycles. The van der Waals surface area contributed by atoms with E-state index in [1.807, 2.05) is 12.1 Å². The lowest BCUT2D eigenvalue weighted by molar-refractivity contribution is 0.417. The first-order valence-electron chi connectivity index (χ1n) is 6.89. The smallest absolute Gasteiger partial charge is 0.141 e. The molecule has 0 fully saturated rings. The van der Waals surface area contributed by atoms with E-state index >= 15 is 0 Å². The van der Waals surface area contributed by atoms with E-state index in [1.165, 1.54) is 33.4 Å². The summed E-state index contributed by atoms with van der Waals surface area (Å²) in [6.07, 6.45) is 0. The second-order valence-electron chi connectivity index (χ2n) is 5.46. The summed E-state index contributed by atoms with van der Waals surface area (Å²) in [5.41, 5.74) is 15.9. The van der Waals surface area contributed by atoms with Crippen LogP contribution in [0.2, 0.25) is 0 Å². The maximum atomic E-state index is 6.05. The third kappa shape index (κ3) is 2.15. The molecule has 0 aliphatic rings. The topological polar surface area (TPSA) is 35.2 Å². The molecule has 20 heavy (non-hydrogen) atoms. The van der Waals surface area contributed by atoms with Crippen LogP contribution in [0, 0.1) is 34.6 Å². The number of methoxy groups -OCH3 is 1. The highest BCUT2D eigenvalue weighted by molar-refractivity contribution is 5.78. The van der Waals surface area contributed by atoms with E-state index in [4.69, 9.17) is 10.5 Å². The van der Waals surface area contributed by atoms with Crippen molar-refractivity contribution in [3.8, 4) is 16.9 Å². The van der Waals surface area contributed by atoms with Gasteiger partial charge in [0.05, 0.1) is 12.8 Å². The van der Waals surface area contributed by atoms with E-state index in [0.717, 1.165) is 11.3 Å². The molecule has 0 bridgehead atoms. The molecule has 0 radical (unpaired) electrons. The molecule has 0 amide bonds. The van der Waals surface area contributed by atoms with Crippen LogP contribution in [0.1, 0.15) is 27.8 Å². The standard InChI is InChI=1S/C18H23NO/c1-10-11(2)13(4)18(14(5)12(10)3)15-7-8-17(20-6)16(19)9-15/h7-9H,19H2,1-6H3. The summed E-state index contributed by atoms with van der Waals surface area (Å²) in [6.45, 7) is 10.9. The molecule has 0 unspecified atom stereocenters. The van der Waals surface area contributed by atoms with E-state index in [-0.39, 0.29) is 0 Å². The second kappa shape index (κ2) is 5.20. The zero-order valence-corrected chi connectivity index (χ0v) is 13.2. The fourth-order valence-electron chi connectivity index (χ4n) is 2.82. The Hall–Kier alpha value is -1.96. The van der Waals surface area contributed by atoms with E-state index in [2.05, 4.69) is 40.7 Å². The molecule has 0 saturated heterocycles. The van der Waals surface area contributed by atoms with Gasteiger partial charge in [-0.3, -0.25) is 0 Å².